The average molecular weight is 677 g/mol. The van der Waals surface area contributed by atoms with Crippen molar-refractivity contribution in [2.24, 2.45) is 44.1 Å². The SMILES string of the molecule is CC1O[C@@H](C)CC(N=[N+]=[N-])[C@H]1C.CC1O[C@@H](C)CC(N=[N+]=[N-])[C@H]1C.CC1O[C@H](C)C[C@@H](N=[N+]=[N-])[C@@H]1C.CC1O[C@H](C)C[C@@H](N=[N+]=[N-])[C@@H]1C. The average Bonchev–Trinajstić information content (AvgIpc) is 3.01. The number of ether oxygens (including phenoxy) is 4. The van der Waals surface area contributed by atoms with Crippen LogP contribution in [0.1, 0.15) is 109 Å². The molecule has 16 nitrogen and oxygen atoms in total. The Kier molecular flexibility index (Phi) is 19.7. The Labute approximate surface area is 286 Å². The van der Waals surface area contributed by atoms with E-state index < -0.39 is 0 Å². The molecule has 0 aromatic heterocycles. The van der Waals surface area contributed by atoms with Crippen molar-refractivity contribution >= 4 is 0 Å². The molecule has 4 heterocycles. The molecule has 4 rings (SSSR count). The normalized spacial score (nSPS) is 41.9. The first-order valence-corrected chi connectivity index (χ1v) is 17.4. The van der Waals surface area contributed by atoms with Crippen molar-refractivity contribution in [1.29, 1.82) is 0 Å². The molecule has 4 fully saturated rings. The van der Waals surface area contributed by atoms with Crippen molar-refractivity contribution in [3.05, 3.63) is 41.8 Å². The Morgan fingerprint density at radius 2 is 0.521 bits per heavy atom. The summed E-state index contributed by atoms with van der Waals surface area (Å²) in [5.74, 6) is 1.32. The molecule has 4 aliphatic heterocycles. The first-order valence-electron chi connectivity index (χ1n) is 17.4. The van der Waals surface area contributed by atoms with Crippen LogP contribution in [-0.4, -0.2) is 73.0 Å². The lowest BCUT2D eigenvalue weighted by Gasteiger charge is -2.35. The van der Waals surface area contributed by atoms with Crippen LogP contribution in [0.2, 0.25) is 0 Å². The Hall–Kier alpha value is -2.92. The molecule has 0 amide bonds. The highest BCUT2D eigenvalue weighted by atomic mass is 16.5. The second kappa shape index (κ2) is 21.9. The minimum absolute atomic E-state index is 0.105. The molecule has 0 radical (unpaired) electrons. The second-order valence-corrected chi connectivity index (χ2v) is 14.1. The van der Waals surface area contributed by atoms with Crippen molar-refractivity contribution in [3.8, 4) is 0 Å². The highest BCUT2D eigenvalue weighted by Gasteiger charge is 2.33. The molecule has 4 aliphatic rings. The first kappa shape index (κ1) is 43.1. The maximum absolute atomic E-state index is 8.33. The molecule has 0 bridgehead atoms. The topological polar surface area (TPSA) is 232 Å². The van der Waals surface area contributed by atoms with E-state index in [9.17, 15) is 0 Å². The molecule has 4 saturated heterocycles. The van der Waals surface area contributed by atoms with E-state index in [4.69, 9.17) is 41.1 Å². The van der Waals surface area contributed by atoms with Gasteiger partial charge < -0.3 is 18.9 Å². The van der Waals surface area contributed by atoms with E-state index in [1.165, 1.54) is 0 Å². The van der Waals surface area contributed by atoms with Gasteiger partial charge in [-0.05, 0) is 127 Å². The lowest BCUT2D eigenvalue weighted by molar-refractivity contribution is -0.0683. The Morgan fingerprint density at radius 3 is 0.667 bits per heavy atom. The van der Waals surface area contributed by atoms with E-state index in [1.807, 2.05) is 55.4 Å². The van der Waals surface area contributed by atoms with Gasteiger partial charge >= 0.3 is 0 Å². The molecule has 0 aromatic rings. The van der Waals surface area contributed by atoms with Gasteiger partial charge in [0.15, 0.2) is 0 Å². The molecule has 0 aromatic carbocycles. The van der Waals surface area contributed by atoms with Crippen LogP contribution in [0.25, 0.3) is 41.8 Å². The van der Waals surface area contributed by atoms with Gasteiger partial charge in [-0.1, -0.05) is 48.2 Å². The summed E-state index contributed by atoms with van der Waals surface area (Å²) < 4.78 is 22.4. The van der Waals surface area contributed by atoms with Crippen LogP contribution in [0, 0.1) is 23.7 Å². The van der Waals surface area contributed by atoms with Crippen LogP contribution in [-0.2, 0) is 18.9 Å². The summed E-state index contributed by atoms with van der Waals surface area (Å²) in [5, 5.41) is 15.1. The Balaban J connectivity index is 0.000000320. The third kappa shape index (κ3) is 14.3. The van der Waals surface area contributed by atoms with Crippen LogP contribution in [0.4, 0.5) is 0 Å². The van der Waals surface area contributed by atoms with E-state index in [-0.39, 0.29) is 73.0 Å². The summed E-state index contributed by atoms with van der Waals surface area (Å²) in [5.41, 5.74) is 33.3. The van der Waals surface area contributed by atoms with Crippen LogP contribution >= 0.6 is 0 Å². The summed E-state index contributed by atoms with van der Waals surface area (Å²) in [6.07, 6.45) is 5.02. The number of hydrogen-bond acceptors (Lipinski definition) is 8. The van der Waals surface area contributed by atoms with Crippen molar-refractivity contribution in [2.45, 2.75) is 182 Å². The predicted molar refractivity (Wildman–Crippen MR) is 187 cm³/mol. The number of azide groups is 4. The van der Waals surface area contributed by atoms with E-state index >= 15 is 0 Å². The zero-order valence-corrected chi connectivity index (χ0v) is 31.1. The zero-order chi connectivity index (χ0) is 36.6. The van der Waals surface area contributed by atoms with Gasteiger partial charge in [0.25, 0.3) is 0 Å². The van der Waals surface area contributed by atoms with Gasteiger partial charge in [-0.15, -0.1) is 0 Å². The van der Waals surface area contributed by atoms with Gasteiger partial charge in [0.1, 0.15) is 0 Å². The first-order chi connectivity index (χ1) is 22.6. The van der Waals surface area contributed by atoms with Gasteiger partial charge in [0.05, 0.1) is 48.8 Å². The fraction of sp³-hybridized carbons (Fsp3) is 1.00. The fourth-order valence-corrected chi connectivity index (χ4v) is 6.53. The predicted octanol–water partition coefficient (Wildman–Crippen LogP) is 9.99. The van der Waals surface area contributed by atoms with Crippen LogP contribution in [0.5, 0.6) is 0 Å². The Bertz CT molecular complexity index is 978. The van der Waals surface area contributed by atoms with Gasteiger partial charge in [-0.2, -0.15) is 0 Å². The molecule has 0 N–H and O–H groups in total. The van der Waals surface area contributed by atoms with Gasteiger partial charge in [-0.3, -0.25) is 0 Å². The molecular formula is C32H60N12O4. The van der Waals surface area contributed by atoms with Gasteiger partial charge in [0.2, 0.25) is 0 Å². The lowest BCUT2D eigenvalue weighted by Crippen LogP contribution is -2.39. The molecule has 0 saturated carbocycles. The molecule has 16 atom stereocenters. The minimum Gasteiger partial charge on any atom is -0.375 e. The van der Waals surface area contributed by atoms with Crippen molar-refractivity contribution < 1.29 is 18.9 Å². The molecule has 272 valence electrons. The van der Waals surface area contributed by atoms with Crippen molar-refractivity contribution in [2.75, 3.05) is 0 Å². The quantitative estimate of drug-likeness (QED) is 0.160. The summed E-state index contributed by atoms with van der Waals surface area (Å²) in [7, 11) is 0. The largest absolute Gasteiger partial charge is 0.375 e. The van der Waals surface area contributed by atoms with E-state index in [0.717, 1.165) is 25.7 Å². The zero-order valence-electron chi connectivity index (χ0n) is 31.1. The standard InChI is InChI=1S/4C8H15N3O/c4*1-5-4-8(10-11-9)6(2)7(3)12-5/h4*5-8H,4H2,1-3H3/t2*5-,6-,7?,8?;2*5-,6-,7?,8-/m0011/s1. The van der Waals surface area contributed by atoms with Gasteiger partial charge in [-0.25, -0.2) is 0 Å². The van der Waals surface area contributed by atoms with E-state index in [1.54, 1.807) is 0 Å². The molecule has 6 unspecified atom stereocenters. The Morgan fingerprint density at radius 1 is 0.354 bits per heavy atom. The third-order valence-electron chi connectivity index (χ3n) is 10.3. The molecule has 16 heteroatoms. The lowest BCUT2D eigenvalue weighted by atomic mass is 9.90. The molecular weight excluding hydrogens is 616 g/mol. The number of nitrogens with zero attached hydrogens (tertiary/aromatic N) is 12. The summed E-state index contributed by atoms with van der Waals surface area (Å²) in [6.45, 7) is 24.4. The maximum atomic E-state index is 8.33. The number of hydrogen-bond donors (Lipinski definition) is 0. The molecule has 0 spiro atoms. The van der Waals surface area contributed by atoms with E-state index in [0.29, 0.717) is 23.7 Å². The monoisotopic (exact) mass is 676 g/mol. The summed E-state index contributed by atoms with van der Waals surface area (Å²) in [6, 6.07) is 0.421. The fourth-order valence-electron chi connectivity index (χ4n) is 6.53. The minimum atomic E-state index is 0.105. The summed E-state index contributed by atoms with van der Waals surface area (Å²) in [4.78, 5) is 11.4. The third-order valence-corrected chi connectivity index (χ3v) is 10.3. The number of rotatable bonds is 4. The smallest absolute Gasteiger partial charge is 0.0580 e. The van der Waals surface area contributed by atoms with E-state index in [2.05, 4.69) is 67.8 Å². The summed E-state index contributed by atoms with van der Waals surface area (Å²) >= 11 is 0. The van der Waals surface area contributed by atoms with Gasteiger partial charge in [0, 0.05) is 43.8 Å². The highest BCUT2D eigenvalue weighted by molar-refractivity contribution is 4.87. The van der Waals surface area contributed by atoms with Crippen LogP contribution in [0.3, 0.4) is 0 Å². The second-order valence-electron chi connectivity index (χ2n) is 14.1. The molecule has 0 aliphatic carbocycles. The van der Waals surface area contributed by atoms with Crippen LogP contribution < -0.4 is 0 Å². The van der Waals surface area contributed by atoms with Crippen LogP contribution in [0.15, 0.2) is 20.5 Å². The molecule has 48 heavy (non-hydrogen) atoms. The highest BCUT2D eigenvalue weighted by Crippen LogP contribution is 2.30. The van der Waals surface area contributed by atoms with Crippen molar-refractivity contribution in [3.63, 3.8) is 0 Å². The van der Waals surface area contributed by atoms with Crippen molar-refractivity contribution in [1.82, 2.24) is 0 Å². The maximum Gasteiger partial charge on any atom is 0.0580 e.